The van der Waals surface area contributed by atoms with Crippen molar-refractivity contribution in [2.45, 2.75) is 71.6 Å². The summed E-state index contributed by atoms with van der Waals surface area (Å²) in [6, 6.07) is 6.55. The highest BCUT2D eigenvalue weighted by Gasteiger charge is 2.33. The average Bonchev–Trinajstić information content (AvgIpc) is 2.22. The standard InChI is InChI=1S/C18H30O3S/c1-16(2,3)12-17(4,5)13-18(6,7)14-8-10-15(11-9-14)22(19,20)21/h8-11H,12-13H2,1-7H3,(H,19,20,21). The van der Waals surface area contributed by atoms with E-state index in [-0.39, 0.29) is 21.1 Å². The summed E-state index contributed by atoms with van der Waals surface area (Å²) in [4.78, 5) is -0.0546. The Morgan fingerprint density at radius 3 is 1.68 bits per heavy atom. The van der Waals surface area contributed by atoms with Gasteiger partial charge in [0.1, 0.15) is 0 Å². The summed E-state index contributed by atoms with van der Waals surface area (Å²) in [7, 11) is -4.12. The second-order valence-corrected chi connectivity index (χ2v) is 10.4. The molecule has 0 amide bonds. The van der Waals surface area contributed by atoms with Crippen molar-refractivity contribution in [3.63, 3.8) is 0 Å². The second-order valence-electron chi connectivity index (χ2n) is 8.96. The maximum atomic E-state index is 11.1. The highest BCUT2D eigenvalue weighted by Crippen LogP contribution is 2.43. The highest BCUT2D eigenvalue weighted by molar-refractivity contribution is 7.85. The molecule has 0 aliphatic heterocycles. The summed E-state index contributed by atoms with van der Waals surface area (Å²) in [5, 5.41) is 0. The van der Waals surface area contributed by atoms with Gasteiger partial charge in [0.2, 0.25) is 0 Å². The van der Waals surface area contributed by atoms with Gasteiger partial charge in [0, 0.05) is 0 Å². The van der Waals surface area contributed by atoms with Gasteiger partial charge in [-0.05, 0) is 46.8 Å². The highest BCUT2D eigenvalue weighted by atomic mass is 32.2. The molecule has 0 aliphatic carbocycles. The molecule has 1 N–H and O–H groups in total. The van der Waals surface area contributed by atoms with Crippen LogP contribution in [-0.4, -0.2) is 13.0 Å². The molecule has 0 atom stereocenters. The van der Waals surface area contributed by atoms with E-state index in [0.29, 0.717) is 0 Å². The molecule has 0 spiro atoms. The van der Waals surface area contributed by atoms with Crippen molar-refractivity contribution in [3.05, 3.63) is 29.8 Å². The van der Waals surface area contributed by atoms with Crippen LogP contribution in [0.5, 0.6) is 0 Å². The SMILES string of the molecule is CC(C)(C)CC(C)(C)CC(C)(C)c1ccc(S(=O)(=O)O)cc1. The normalized spacial score (nSPS) is 14.2. The quantitative estimate of drug-likeness (QED) is 0.769. The van der Waals surface area contributed by atoms with Gasteiger partial charge in [-0.15, -0.1) is 0 Å². The summed E-state index contributed by atoms with van der Waals surface area (Å²) in [5.41, 5.74) is 1.48. The fourth-order valence-corrected chi connectivity index (χ4v) is 4.35. The Morgan fingerprint density at radius 1 is 0.864 bits per heavy atom. The van der Waals surface area contributed by atoms with Gasteiger partial charge < -0.3 is 0 Å². The molecule has 3 nitrogen and oxygen atoms in total. The summed E-state index contributed by atoms with van der Waals surface area (Å²) in [5.74, 6) is 0. The minimum Gasteiger partial charge on any atom is -0.282 e. The van der Waals surface area contributed by atoms with Crippen molar-refractivity contribution in [2.24, 2.45) is 10.8 Å². The van der Waals surface area contributed by atoms with Crippen LogP contribution in [0.25, 0.3) is 0 Å². The van der Waals surface area contributed by atoms with Crippen molar-refractivity contribution < 1.29 is 13.0 Å². The third-order valence-corrected chi connectivity index (χ3v) is 4.73. The molecule has 126 valence electrons. The van der Waals surface area contributed by atoms with Crippen LogP contribution in [0.3, 0.4) is 0 Å². The van der Waals surface area contributed by atoms with E-state index < -0.39 is 10.1 Å². The molecule has 0 aromatic heterocycles. The molecular formula is C18H30O3S. The lowest BCUT2D eigenvalue weighted by Crippen LogP contribution is -2.30. The van der Waals surface area contributed by atoms with Crippen LogP contribution >= 0.6 is 0 Å². The fourth-order valence-electron chi connectivity index (χ4n) is 3.87. The lowest BCUT2D eigenvalue weighted by molar-refractivity contribution is 0.166. The Hall–Kier alpha value is -0.870. The van der Waals surface area contributed by atoms with Crippen LogP contribution in [-0.2, 0) is 15.5 Å². The maximum absolute atomic E-state index is 11.1. The minimum absolute atomic E-state index is 0.0546. The van der Waals surface area contributed by atoms with Crippen LogP contribution < -0.4 is 0 Å². The van der Waals surface area contributed by atoms with Crippen molar-refractivity contribution in [1.29, 1.82) is 0 Å². The van der Waals surface area contributed by atoms with Crippen LogP contribution in [0, 0.1) is 10.8 Å². The molecule has 4 heteroatoms. The predicted molar refractivity (Wildman–Crippen MR) is 91.8 cm³/mol. The molecule has 1 aromatic carbocycles. The molecular weight excluding hydrogens is 296 g/mol. The van der Waals surface area contributed by atoms with E-state index in [2.05, 4.69) is 48.5 Å². The molecule has 0 saturated heterocycles. The van der Waals surface area contributed by atoms with Gasteiger partial charge in [-0.2, -0.15) is 8.42 Å². The van der Waals surface area contributed by atoms with Crippen LogP contribution in [0.1, 0.15) is 66.9 Å². The molecule has 0 fully saturated rings. The average molecular weight is 327 g/mol. The molecule has 0 unspecified atom stereocenters. The summed E-state index contributed by atoms with van der Waals surface area (Å²) < 4.78 is 31.3. The Balaban J connectivity index is 2.99. The van der Waals surface area contributed by atoms with Gasteiger partial charge in [-0.25, -0.2) is 0 Å². The van der Waals surface area contributed by atoms with Gasteiger partial charge in [0.25, 0.3) is 10.1 Å². The number of hydrogen-bond acceptors (Lipinski definition) is 2. The Kier molecular flexibility index (Phi) is 5.20. The first-order valence-corrected chi connectivity index (χ1v) is 9.15. The Bertz CT molecular complexity index is 603. The van der Waals surface area contributed by atoms with Crippen molar-refractivity contribution in [3.8, 4) is 0 Å². The zero-order valence-electron chi connectivity index (χ0n) is 14.9. The summed E-state index contributed by atoms with van der Waals surface area (Å²) in [6.45, 7) is 15.7. The lowest BCUT2D eigenvalue weighted by atomic mass is 9.66. The van der Waals surface area contributed by atoms with E-state index >= 15 is 0 Å². The molecule has 0 saturated carbocycles. The second kappa shape index (κ2) is 5.97. The van der Waals surface area contributed by atoms with Crippen molar-refractivity contribution in [2.75, 3.05) is 0 Å². The third-order valence-electron chi connectivity index (χ3n) is 3.86. The van der Waals surface area contributed by atoms with Crippen molar-refractivity contribution >= 4 is 10.1 Å². The lowest BCUT2D eigenvalue weighted by Gasteiger charge is -2.39. The zero-order valence-corrected chi connectivity index (χ0v) is 15.7. The van der Waals surface area contributed by atoms with Crippen LogP contribution in [0.4, 0.5) is 0 Å². The molecule has 0 bridgehead atoms. The monoisotopic (exact) mass is 326 g/mol. The number of rotatable bonds is 5. The molecule has 1 aromatic rings. The van der Waals surface area contributed by atoms with Gasteiger partial charge in [0.15, 0.2) is 0 Å². The van der Waals surface area contributed by atoms with Crippen LogP contribution in [0.2, 0.25) is 0 Å². The van der Waals surface area contributed by atoms with E-state index in [0.717, 1.165) is 18.4 Å². The van der Waals surface area contributed by atoms with E-state index in [4.69, 9.17) is 4.55 Å². The van der Waals surface area contributed by atoms with E-state index in [1.807, 2.05) is 0 Å². The topological polar surface area (TPSA) is 54.4 Å². The van der Waals surface area contributed by atoms with E-state index in [1.165, 1.54) is 12.1 Å². The minimum atomic E-state index is -4.12. The Morgan fingerprint density at radius 2 is 1.32 bits per heavy atom. The maximum Gasteiger partial charge on any atom is 0.294 e. The number of hydrogen-bond donors (Lipinski definition) is 1. The molecule has 0 radical (unpaired) electrons. The smallest absolute Gasteiger partial charge is 0.282 e. The first-order chi connectivity index (χ1) is 9.62. The third kappa shape index (κ3) is 5.73. The van der Waals surface area contributed by atoms with E-state index in [1.54, 1.807) is 12.1 Å². The van der Waals surface area contributed by atoms with E-state index in [9.17, 15) is 8.42 Å². The molecule has 22 heavy (non-hydrogen) atoms. The van der Waals surface area contributed by atoms with Gasteiger partial charge in [-0.1, -0.05) is 60.6 Å². The van der Waals surface area contributed by atoms with Crippen LogP contribution in [0.15, 0.2) is 29.2 Å². The molecule has 0 aliphatic rings. The zero-order chi connectivity index (χ0) is 17.4. The van der Waals surface area contributed by atoms with Crippen molar-refractivity contribution in [1.82, 2.24) is 0 Å². The summed E-state index contributed by atoms with van der Waals surface area (Å²) in [6.07, 6.45) is 2.12. The molecule has 1 rings (SSSR count). The first-order valence-electron chi connectivity index (χ1n) is 7.71. The molecule has 0 heterocycles. The predicted octanol–water partition coefficient (Wildman–Crippen LogP) is 5.06. The van der Waals surface area contributed by atoms with Gasteiger partial charge in [0.05, 0.1) is 4.90 Å². The van der Waals surface area contributed by atoms with Gasteiger partial charge >= 0.3 is 0 Å². The summed E-state index contributed by atoms with van der Waals surface area (Å²) >= 11 is 0. The fraction of sp³-hybridized carbons (Fsp3) is 0.667. The number of benzene rings is 1. The largest absolute Gasteiger partial charge is 0.294 e. The first kappa shape index (κ1) is 19.2. The Labute approximate surface area is 135 Å². The van der Waals surface area contributed by atoms with Gasteiger partial charge in [-0.3, -0.25) is 4.55 Å².